The molecule has 0 aromatic carbocycles. The Balaban J connectivity index is 1.98. The molecule has 19 nitrogen and oxygen atoms in total. The Labute approximate surface area is 241 Å². The number of hydrogen-bond donors (Lipinski definition) is 12. The zero-order valence-electron chi connectivity index (χ0n) is 23.2. The average Bonchev–Trinajstić information content (AvgIpc) is 3.16. The Kier molecular flexibility index (Phi) is 11.4. The van der Waals surface area contributed by atoms with Gasteiger partial charge < -0.3 is 82.9 Å². The third kappa shape index (κ3) is 6.77. The first kappa shape index (κ1) is 34.2. The highest BCUT2D eigenvalue weighted by Gasteiger charge is 2.60. The number of aliphatic hydroxyl groups is 7. The van der Waals surface area contributed by atoms with E-state index < -0.39 is 103 Å². The predicted molar refractivity (Wildman–Crippen MR) is 142 cm³/mol. The van der Waals surface area contributed by atoms with E-state index in [1.807, 2.05) is 0 Å². The van der Waals surface area contributed by atoms with E-state index in [0.29, 0.717) is 0 Å². The van der Waals surface area contributed by atoms with Crippen LogP contribution in [0.25, 0.3) is 0 Å². The number of aliphatic imine (C=N–C) groups is 2. The van der Waals surface area contributed by atoms with Crippen LogP contribution in [0.1, 0.15) is 13.3 Å². The van der Waals surface area contributed by atoms with Crippen LogP contribution in [-0.2, 0) is 23.7 Å². The van der Waals surface area contributed by atoms with E-state index in [0.717, 1.165) is 0 Å². The summed E-state index contributed by atoms with van der Waals surface area (Å²) in [6.45, 7) is 1.02. The van der Waals surface area contributed by atoms with Gasteiger partial charge >= 0.3 is 0 Å². The molecule has 2 aliphatic heterocycles. The van der Waals surface area contributed by atoms with Crippen LogP contribution in [0, 0.1) is 5.92 Å². The van der Waals surface area contributed by atoms with Crippen molar-refractivity contribution in [3.05, 3.63) is 0 Å². The van der Waals surface area contributed by atoms with E-state index in [9.17, 15) is 40.5 Å². The van der Waals surface area contributed by atoms with Crippen LogP contribution in [-0.4, -0.2) is 159 Å². The number of nitrogens with two attached hydrogens (primary N) is 4. The molecule has 42 heavy (non-hydrogen) atoms. The molecule has 0 radical (unpaired) electrons. The van der Waals surface area contributed by atoms with Crippen molar-refractivity contribution in [2.24, 2.45) is 38.8 Å². The molecular weight excluding hydrogens is 566 g/mol. The average molecular weight is 610 g/mol. The first-order valence-corrected chi connectivity index (χ1v) is 13.4. The number of hydrogen-bond acceptors (Lipinski definition) is 15. The summed E-state index contributed by atoms with van der Waals surface area (Å²) in [6, 6.07) is -2.95. The van der Waals surface area contributed by atoms with E-state index in [1.165, 1.54) is 6.92 Å². The molecule has 15 atom stereocenters. The van der Waals surface area contributed by atoms with Gasteiger partial charge in [-0.3, -0.25) is 4.79 Å². The molecule has 19 heteroatoms. The second kappa shape index (κ2) is 14.0. The van der Waals surface area contributed by atoms with Crippen LogP contribution in [0.5, 0.6) is 0 Å². The Morgan fingerprint density at radius 1 is 0.905 bits per heavy atom. The lowest BCUT2D eigenvalue weighted by molar-refractivity contribution is -0.322. The zero-order valence-corrected chi connectivity index (χ0v) is 23.2. The zero-order chi connectivity index (χ0) is 31.5. The maximum absolute atomic E-state index is 12.2. The third-order valence-corrected chi connectivity index (χ3v) is 7.80. The monoisotopic (exact) mass is 609 g/mol. The second-order valence-electron chi connectivity index (χ2n) is 10.6. The number of guanidine groups is 2. The quantitative estimate of drug-likeness (QED) is 0.0587. The number of carbonyl (C=O) groups excluding carboxylic acids is 1. The van der Waals surface area contributed by atoms with Crippen molar-refractivity contribution in [1.29, 1.82) is 0 Å². The van der Waals surface area contributed by atoms with Crippen LogP contribution < -0.4 is 28.3 Å². The van der Waals surface area contributed by atoms with Gasteiger partial charge in [-0.1, -0.05) is 0 Å². The Bertz CT molecular complexity index is 972. The normalized spacial score (nSPS) is 45.7. The molecule has 0 aromatic rings. The van der Waals surface area contributed by atoms with Gasteiger partial charge in [-0.05, 0) is 20.4 Å². The minimum Gasteiger partial charge on any atom is -0.396 e. The van der Waals surface area contributed by atoms with Gasteiger partial charge in [-0.25, -0.2) is 9.98 Å². The number of rotatable bonds is 11. The summed E-state index contributed by atoms with van der Waals surface area (Å²) in [5.74, 6) is -1.96. The summed E-state index contributed by atoms with van der Waals surface area (Å²) in [5, 5.41) is 77.5. The number of nitrogens with zero attached hydrogens (tertiary/aromatic N) is 2. The van der Waals surface area contributed by atoms with E-state index in [4.69, 9.17) is 41.9 Å². The fourth-order valence-corrected chi connectivity index (χ4v) is 5.51. The van der Waals surface area contributed by atoms with Gasteiger partial charge in [0, 0.05) is 13.2 Å². The topological polar surface area (TPSA) is 336 Å². The molecule has 3 rings (SSSR count). The molecule has 1 saturated carbocycles. The largest absolute Gasteiger partial charge is 0.396 e. The van der Waals surface area contributed by atoms with Gasteiger partial charge in [0.05, 0.1) is 24.2 Å². The van der Waals surface area contributed by atoms with Crippen molar-refractivity contribution in [1.82, 2.24) is 5.32 Å². The van der Waals surface area contributed by atoms with Gasteiger partial charge in [-0.15, -0.1) is 0 Å². The molecule has 0 unspecified atom stereocenters. The summed E-state index contributed by atoms with van der Waals surface area (Å²) >= 11 is 0. The number of nitrogens with one attached hydrogen (secondary N) is 1. The van der Waals surface area contributed by atoms with Gasteiger partial charge in [0.25, 0.3) is 0 Å². The van der Waals surface area contributed by atoms with Crippen molar-refractivity contribution in [2.45, 2.75) is 98.5 Å². The number of ether oxygens (including phenoxy) is 4. The summed E-state index contributed by atoms with van der Waals surface area (Å²) < 4.78 is 23.5. The Hall–Kier alpha value is -2.27. The Morgan fingerprint density at radius 3 is 2.07 bits per heavy atom. The van der Waals surface area contributed by atoms with Crippen LogP contribution in [0.4, 0.5) is 0 Å². The molecule has 0 spiro atoms. The van der Waals surface area contributed by atoms with Crippen LogP contribution >= 0.6 is 0 Å². The second-order valence-corrected chi connectivity index (χ2v) is 10.6. The highest BCUT2D eigenvalue weighted by molar-refractivity contribution is 5.76. The minimum absolute atomic E-state index is 0.0569. The lowest BCUT2D eigenvalue weighted by Crippen LogP contribution is -2.65. The van der Waals surface area contributed by atoms with Gasteiger partial charge in [-0.2, -0.15) is 0 Å². The van der Waals surface area contributed by atoms with E-state index >= 15 is 0 Å². The lowest BCUT2D eigenvalue weighted by atomic mass is 9.81. The maximum Gasteiger partial charge on any atom is 0.188 e. The van der Waals surface area contributed by atoms with E-state index in [2.05, 4.69) is 15.3 Å². The van der Waals surface area contributed by atoms with Crippen molar-refractivity contribution in [3.8, 4) is 0 Å². The first-order chi connectivity index (χ1) is 19.7. The summed E-state index contributed by atoms with van der Waals surface area (Å²) in [6.07, 6.45) is -16.7. The molecule has 0 bridgehead atoms. The highest BCUT2D eigenvalue weighted by Crippen LogP contribution is 2.39. The smallest absolute Gasteiger partial charge is 0.188 e. The van der Waals surface area contributed by atoms with Crippen LogP contribution in [0.3, 0.4) is 0 Å². The molecule has 2 saturated heterocycles. The lowest BCUT2D eigenvalue weighted by Gasteiger charge is -2.45. The van der Waals surface area contributed by atoms with Crippen LogP contribution in [0.2, 0.25) is 0 Å². The number of aliphatic hydroxyl groups excluding tert-OH is 6. The molecule has 2 heterocycles. The van der Waals surface area contributed by atoms with Gasteiger partial charge in [0.2, 0.25) is 0 Å². The molecule has 3 fully saturated rings. The predicted octanol–water partition coefficient (Wildman–Crippen LogP) is -7.52. The SMILES string of the molecule is CNC[C@@H]1[C@H](O[C@H]2[C@H](O[C@H]3[C@H](O)[C@@H](O)[C@H](N=C(N)N)[C@@H](O)[C@@H]3N=C(N)N)O[C@@H](C)[C@]2(O)C=O)O[C@@H](CCO)[C@H](O)[C@H]1O. The van der Waals surface area contributed by atoms with Crippen LogP contribution in [0.15, 0.2) is 9.98 Å². The Morgan fingerprint density at radius 2 is 1.52 bits per heavy atom. The number of carbonyl (C=O) groups is 1. The fraction of sp³-hybridized carbons (Fsp3) is 0.870. The molecule has 0 amide bonds. The molecule has 242 valence electrons. The number of aldehydes is 1. The summed E-state index contributed by atoms with van der Waals surface area (Å²) in [4.78, 5) is 19.8. The van der Waals surface area contributed by atoms with Gasteiger partial charge in [0.1, 0.15) is 48.7 Å². The summed E-state index contributed by atoms with van der Waals surface area (Å²) in [5.41, 5.74) is 19.5. The molecule has 1 aliphatic carbocycles. The van der Waals surface area contributed by atoms with Crippen molar-refractivity contribution in [3.63, 3.8) is 0 Å². The fourth-order valence-electron chi connectivity index (χ4n) is 5.51. The maximum atomic E-state index is 12.2. The summed E-state index contributed by atoms with van der Waals surface area (Å²) in [7, 11) is 1.57. The molecule has 0 aromatic heterocycles. The molecule has 16 N–H and O–H groups in total. The van der Waals surface area contributed by atoms with Gasteiger partial charge in [0.15, 0.2) is 36.4 Å². The highest BCUT2D eigenvalue weighted by atomic mass is 16.8. The first-order valence-electron chi connectivity index (χ1n) is 13.4. The minimum atomic E-state index is -2.37. The van der Waals surface area contributed by atoms with Crippen molar-refractivity contribution < 1.29 is 59.5 Å². The molecular formula is C23H43N7O12. The third-order valence-electron chi connectivity index (χ3n) is 7.80. The van der Waals surface area contributed by atoms with E-state index in [-0.39, 0.29) is 25.9 Å². The van der Waals surface area contributed by atoms with Crippen molar-refractivity contribution >= 4 is 18.2 Å². The van der Waals surface area contributed by atoms with E-state index in [1.54, 1.807) is 7.05 Å². The molecule has 3 aliphatic rings. The van der Waals surface area contributed by atoms with Crippen molar-refractivity contribution in [2.75, 3.05) is 20.2 Å². The standard InChI is InChI=1S/C23H43N7O12/c1-7-23(38,6-32)18(42-19-8(5-28-2)12(33)13(34)9(40-19)3-4-31)20(39-7)41-17-11(30-22(26)27)14(35)10(29-21(24)25)15(36)16(17)37/h6-20,28,31,33-38H,3-5H2,1-2H3,(H4,24,25,29)(H4,26,27,30)/t7-,8-,9-,10+,11-,12-,13-,14+,15-,16+,17+,18-,19-,20-,23+/m0/s1.